The van der Waals surface area contributed by atoms with E-state index in [0.717, 1.165) is 22.1 Å². The van der Waals surface area contributed by atoms with Gasteiger partial charge in [0.15, 0.2) is 0 Å². The Morgan fingerprint density at radius 3 is 2.56 bits per heavy atom. The summed E-state index contributed by atoms with van der Waals surface area (Å²) < 4.78 is 35.1. The molecule has 0 bridgehead atoms. The van der Waals surface area contributed by atoms with E-state index in [4.69, 9.17) is 0 Å². The molecule has 1 saturated heterocycles. The molecule has 0 saturated carbocycles. The predicted octanol–water partition coefficient (Wildman–Crippen LogP) is 0.722. The maximum Gasteiger partial charge on any atom is 0.374 e. The van der Waals surface area contributed by atoms with Crippen LogP contribution in [0.2, 0.25) is 0 Å². The van der Waals surface area contributed by atoms with E-state index in [1.54, 1.807) is 6.20 Å². The first kappa shape index (κ1) is 13.4. The smallest absolute Gasteiger partial charge is 0.296 e. The quantitative estimate of drug-likeness (QED) is 0.762. The minimum Gasteiger partial charge on any atom is -0.296 e. The van der Waals surface area contributed by atoms with Gasteiger partial charge < -0.3 is 0 Å². The van der Waals surface area contributed by atoms with Gasteiger partial charge in [-0.05, 0) is 24.6 Å². The second-order valence-electron chi connectivity index (χ2n) is 4.42. The second kappa shape index (κ2) is 5.29. The molecule has 0 radical (unpaired) electrons. The van der Waals surface area contributed by atoms with Gasteiger partial charge in [0.2, 0.25) is 0 Å². The summed E-state index contributed by atoms with van der Waals surface area (Å²) in [7, 11) is -4.53. The van der Waals surface area contributed by atoms with E-state index in [0.29, 0.717) is 13.1 Å². The van der Waals surface area contributed by atoms with Crippen LogP contribution in [0.25, 0.3) is 0 Å². The van der Waals surface area contributed by atoms with Crippen LogP contribution in [0.3, 0.4) is 0 Å². The fourth-order valence-corrected chi connectivity index (χ4v) is 2.67. The molecule has 0 amide bonds. The van der Waals surface area contributed by atoms with Gasteiger partial charge in [0.1, 0.15) is 0 Å². The molecule has 0 aromatic carbocycles. The van der Waals surface area contributed by atoms with Crippen molar-refractivity contribution in [3.05, 3.63) is 29.6 Å². The van der Waals surface area contributed by atoms with Crippen molar-refractivity contribution in [2.45, 2.75) is 13.5 Å². The molecule has 7 heteroatoms. The van der Waals surface area contributed by atoms with E-state index in [1.165, 1.54) is 0 Å². The average molecular weight is 273 g/mol. The number of rotatable bonds is 3. The Labute approximate surface area is 107 Å². The second-order valence-corrected chi connectivity index (χ2v) is 5.76. The van der Waals surface area contributed by atoms with Crippen LogP contribution in [-0.4, -0.2) is 48.8 Å². The zero-order valence-corrected chi connectivity index (χ0v) is 11.0. The van der Waals surface area contributed by atoms with E-state index >= 15 is 0 Å². The van der Waals surface area contributed by atoms with Crippen LogP contribution >= 0.6 is 0 Å². The zero-order valence-electron chi connectivity index (χ0n) is 10.2. The van der Waals surface area contributed by atoms with Gasteiger partial charge in [-0.2, -0.15) is 12.7 Å². The first-order valence-corrected chi connectivity index (χ1v) is 7.13. The van der Waals surface area contributed by atoms with E-state index in [-0.39, 0.29) is 13.1 Å². The Hall–Kier alpha value is -1.05. The molecular weight excluding hydrogens is 257 g/mol. The van der Waals surface area contributed by atoms with Gasteiger partial charge in [0.05, 0.1) is 0 Å². The first-order chi connectivity index (χ1) is 8.45. The molecule has 1 aliphatic heterocycles. The lowest BCUT2D eigenvalue weighted by Crippen LogP contribution is -2.47. The largest absolute Gasteiger partial charge is 0.374 e. The molecule has 0 N–H and O–H groups in total. The Kier molecular flexibility index (Phi) is 3.94. The molecule has 0 aliphatic carbocycles. The van der Waals surface area contributed by atoms with Gasteiger partial charge in [-0.25, -0.2) is 0 Å². The van der Waals surface area contributed by atoms with Crippen molar-refractivity contribution < 1.29 is 12.3 Å². The van der Waals surface area contributed by atoms with Crippen molar-refractivity contribution in [2.24, 2.45) is 0 Å². The number of aryl methyl sites for hydroxylation is 1. The molecule has 2 rings (SSSR count). The molecule has 100 valence electrons. The molecule has 0 unspecified atom stereocenters. The molecule has 1 fully saturated rings. The normalized spacial score (nSPS) is 19.0. The summed E-state index contributed by atoms with van der Waals surface area (Å²) in [5.74, 6) is 0. The summed E-state index contributed by atoms with van der Waals surface area (Å²) in [4.78, 5) is 6.23. The monoisotopic (exact) mass is 273 g/mol. The van der Waals surface area contributed by atoms with Crippen LogP contribution in [0.5, 0.6) is 0 Å². The lowest BCUT2D eigenvalue weighted by Gasteiger charge is -2.31. The van der Waals surface area contributed by atoms with E-state index in [1.807, 2.05) is 19.1 Å². The van der Waals surface area contributed by atoms with Crippen molar-refractivity contribution >= 4 is 10.4 Å². The van der Waals surface area contributed by atoms with Crippen LogP contribution in [0, 0.1) is 6.92 Å². The molecule has 1 aromatic rings. The average Bonchev–Trinajstić information content (AvgIpc) is 2.28. The molecule has 2 heterocycles. The number of hydrogen-bond donors (Lipinski definition) is 0. The van der Waals surface area contributed by atoms with Gasteiger partial charge >= 0.3 is 10.4 Å². The topological polar surface area (TPSA) is 53.5 Å². The van der Waals surface area contributed by atoms with E-state index < -0.39 is 10.4 Å². The first-order valence-electron chi connectivity index (χ1n) is 5.79. The molecular formula is C11H16FN3O2S. The summed E-state index contributed by atoms with van der Waals surface area (Å²) in [5.41, 5.74) is 2.09. The zero-order chi connectivity index (χ0) is 13.2. The Balaban J connectivity index is 1.91. The highest BCUT2D eigenvalue weighted by molar-refractivity contribution is 7.83. The third kappa shape index (κ3) is 3.47. The number of pyridine rings is 1. The van der Waals surface area contributed by atoms with Gasteiger partial charge in [-0.3, -0.25) is 9.88 Å². The lowest BCUT2D eigenvalue weighted by atomic mass is 10.2. The number of halogens is 1. The van der Waals surface area contributed by atoms with Crippen molar-refractivity contribution in [1.29, 1.82) is 0 Å². The Morgan fingerprint density at radius 1 is 1.33 bits per heavy atom. The van der Waals surface area contributed by atoms with E-state index in [9.17, 15) is 12.3 Å². The third-order valence-corrected chi connectivity index (χ3v) is 3.99. The van der Waals surface area contributed by atoms with Gasteiger partial charge in [-0.15, -0.1) is 0 Å². The Bertz CT molecular complexity index is 513. The standard InChI is InChI=1S/C11H16FN3O2S/c1-10-8-11(2-3-13-10)9-14-4-6-15(7-5-14)18(12,16)17/h2-3,8H,4-7,9H2,1H3. The van der Waals surface area contributed by atoms with Gasteiger partial charge in [0, 0.05) is 44.6 Å². The summed E-state index contributed by atoms with van der Waals surface area (Å²) in [6.07, 6.45) is 1.76. The highest BCUT2D eigenvalue weighted by Gasteiger charge is 2.26. The number of aromatic nitrogens is 1. The molecule has 1 aliphatic rings. The fourth-order valence-electron chi connectivity index (χ4n) is 2.07. The number of nitrogens with zero attached hydrogens (tertiary/aromatic N) is 3. The van der Waals surface area contributed by atoms with Gasteiger partial charge in [0.25, 0.3) is 0 Å². The van der Waals surface area contributed by atoms with Crippen LogP contribution in [0.1, 0.15) is 11.3 Å². The molecule has 18 heavy (non-hydrogen) atoms. The summed E-state index contributed by atoms with van der Waals surface area (Å²) in [6, 6.07) is 3.93. The van der Waals surface area contributed by atoms with Gasteiger partial charge in [-0.1, -0.05) is 3.89 Å². The minimum absolute atomic E-state index is 0.211. The van der Waals surface area contributed by atoms with Crippen molar-refractivity contribution in [2.75, 3.05) is 26.2 Å². The number of piperazine rings is 1. The van der Waals surface area contributed by atoms with Crippen molar-refractivity contribution in [1.82, 2.24) is 14.2 Å². The molecule has 5 nitrogen and oxygen atoms in total. The lowest BCUT2D eigenvalue weighted by molar-refractivity contribution is 0.177. The van der Waals surface area contributed by atoms with Crippen molar-refractivity contribution in [3.8, 4) is 0 Å². The SMILES string of the molecule is Cc1cc(CN2CCN(S(=O)(=O)F)CC2)ccn1. The predicted molar refractivity (Wildman–Crippen MR) is 65.9 cm³/mol. The Morgan fingerprint density at radius 2 is 2.00 bits per heavy atom. The summed E-state index contributed by atoms with van der Waals surface area (Å²) in [6.45, 7) is 4.18. The van der Waals surface area contributed by atoms with Crippen molar-refractivity contribution in [3.63, 3.8) is 0 Å². The molecule has 0 spiro atoms. The molecule has 0 atom stereocenters. The summed E-state index contributed by atoms with van der Waals surface area (Å²) >= 11 is 0. The fraction of sp³-hybridized carbons (Fsp3) is 0.545. The minimum atomic E-state index is -4.53. The highest BCUT2D eigenvalue weighted by Crippen LogP contribution is 2.12. The third-order valence-electron chi connectivity index (χ3n) is 3.01. The maximum atomic E-state index is 12.8. The van der Waals surface area contributed by atoms with Crippen LogP contribution in [0.4, 0.5) is 3.89 Å². The van der Waals surface area contributed by atoms with Crippen LogP contribution in [-0.2, 0) is 17.0 Å². The van der Waals surface area contributed by atoms with Crippen LogP contribution < -0.4 is 0 Å². The molecule has 1 aromatic heterocycles. The van der Waals surface area contributed by atoms with Crippen LogP contribution in [0.15, 0.2) is 18.3 Å². The maximum absolute atomic E-state index is 12.8. The highest BCUT2D eigenvalue weighted by atomic mass is 32.3. The number of hydrogen-bond acceptors (Lipinski definition) is 4. The van der Waals surface area contributed by atoms with E-state index in [2.05, 4.69) is 9.88 Å². The summed E-state index contributed by atoms with van der Waals surface area (Å²) in [5, 5.41) is 0.